The Morgan fingerprint density at radius 3 is 2.70 bits per heavy atom. The molecule has 0 unspecified atom stereocenters. The molecular weight excluding hydrogens is 332 g/mol. The quantitative estimate of drug-likeness (QED) is 0.522. The van der Waals surface area contributed by atoms with E-state index in [1.165, 1.54) is 11.8 Å². The summed E-state index contributed by atoms with van der Waals surface area (Å²) in [6, 6.07) is 7.71. The minimum absolute atomic E-state index is 0.0913. The first-order valence-corrected chi connectivity index (χ1v) is 8.84. The molecule has 0 amide bonds. The molecule has 0 aliphatic carbocycles. The molecule has 2 aromatic heterocycles. The van der Waals surface area contributed by atoms with Gasteiger partial charge in [-0.15, -0.1) is 0 Å². The van der Waals surface area contributed by atoms with Gasteiger partial charge in [-0.1, -0.05) is 41.6 Å². The zero-order chi connectivity index (χ0) is 16.4. The van der Waals surface area contributed by atoms with Crippen molar-refractivity contribution in [2.24, 2.45) is 0 Å². The SMILES string of the molecule is CCn1cc2nc(SCc3ccccc3Cl)n(CC)c(=O)c2n1. The van der Waals surface area contributed by atoms with Crippen LogP contribution in [-0.4, -0.2) is 19.3 Å². The molecule has 5 nitrogen and oxygen atoms in total. The highest BCUT2D eigenvalue weighted by Gasteiger charge is 2.14. The third kappa shape index (κ3) is 3.14. The van der Waals surface area contributed by atoms with Crippen molar-refractivity contribution in [3.63, 3.8) is 0 Å². The fraction of sp³-hybridized carbons (Fsp3) is 0.312. The van der Waals surface area contributed by atoms with Gasteiger partial charge < -0.3 is 0 Å². The highest BCUT2D eigenvalue weighted by atomic mass is 35.5. The Bertz CT molecular complexity index is 903. The summed E-state index contributed by atoms with van der Waals surface area (Å²) < 4.78 is 3.40. The Hall–Kier alpha value is -1.79. The number of fused-ring (bicyclic) bond motifs is 1. The highest BCUT2D eigenvalue weighted by molar-refractivity contribution is 7.98. The summed E-state index contributed by atoms with van der Waals surface area (Å²) in [5.41, 5.74) is 2.01. The van der Waals surface area contributed by atoms with Crippen LogP contribution < -0.4 is 5.56 Å². The van der Waals surface area contributed by atoms with Gasteiger partial charge in [0.25, 0.3) is 5.56 Å². The van der Waals surface area contributed by atoms with Crippen molar-refractivity contribution in [1.82, 2.24) is 19.3 Å². The van der Waals surface area contributed by atoms with Crippen LogP contribution in [0.5, 0.6) is 0 Å². The summed E-state index contributed by atoms with van der Waals surface area (Å²) in [5.74, 6) is 0.666. The normalized spacial score (nSPS) is 11.3. The van der Waals surface area contributed by atoms with Gasteiger partial charge in [0.1, 0.15) is 5.52 Å². The largest absolute Gasteiger partial charge is 0.286 e. The number of benzene rings is 1. The lowest BCUT2D eigenvalue weighted by Crippen LogP contribution is -2.22. The van der Waals surface area contributed by atoms with E-state index in [0.29, 0.717) is 35.0 Å². The molecule has 2 heterocycles. The molecule has 3 aromatic rings. The summed E-state index contributed by atoms with van der Waals surface area (Å²) in [5, 5.41) is 5.73. The monoisotopic (exact) mass is 348 g/mol. The summed E-state index contributed by atoms with van der Waals surface area (Å²) in [4.78, 5) is 17.2. The number of halogens is 1. The summed E-state index contributed by atoms with van der Waals surface area (Å²) >= 11 is 7.71. The van der Waals surface area contributed by atoms with Gasteiger partial charge in [0, 0.05) is 23.9 Å². The van der Waals surface area contributed by atoms with Crippen LogP contribution in [0.3, 0.4) is 0 Å². The minimum atomic E-state index is -0.0913. The van der Waals surface area contributed by atoms with Gasteiger partial charge in [-0.05, 0) is 25.5 Å². The lowest BCUT2D eigenvalue weighted by Gasteiger charge is -2.09. The Balaban J connectivity index is 1.99. The maximum atomic E-state index is 12.6. The molecule has 0 fully saturated rings. The first kappa shape index (κ1) is 16.1. The molecule has 23 heavy (non-hydrogen) atoms. The van der Waals surface area contributed by atoms with E-state index < -0.39 is 0 Å². The second kappa shape index (κ2) is 6.76. The summed E-state index contributed by atoms with van der Waals surface area (Å²) in [7, 11) is 0. The third-order valence-electron chi connectivity index (χ3n) is 3.59. The van der Waals surface area contributed by atoms with E-state index in [2.05, 4.69) is 10.1 Å². The first-order valence-electron chi connectivity index (χ1n) is 7.48. The van der Waals surface area contributed by atoms with Crippen LogP contribution in [0, 0.1) is 0 Å². The fourth-order valence-corrected chi connectivity index (χ4v) is 3.68. The number of aryl methyl sites for hydroxylation is 1. The molecule has 0 aliphatic rings. The average Bonchev–Trinajstić information content (AvgIpc) is 2.98. The van der Waals surface area contributed by atoms with Crippen LogP contribution in [0.2, 0.25) is 5.02 Å². The number of hydrogen-bond donors (Lipinski definition) is 0. The van der Waals surface area contributed by atoms with E-state index in [1.807, 2.05) is 44.3 Å². The maximum absolute atomic E-state index is 12.6. The van der Waals surface area contributed by atoms with Gasteiger partial charge in [0.2, 0.25) is 0 Å². The van der Waals surface area contributed by atoms with Gasteiger partial charge in [-0.25, -0.2) is 4.98 Å². The molecule has 1 aromatic carbocycles. The summed E-state index contributed by atoms with van der Waals surface area (Å²) in [6.07, 6.45) is 1.82. The third-order valence-corrected chi connectivity index (χ3v) is 4.99. The number of aromatic nitrogens is 4. The van der Waals surface area contributed by atoms with Gasteiger partial charge in [0.15, 0.2) is 10.7 Å². The molecule has 0 saturated carbocycles. The van der Waals surface area contributed by atoms with Crippen molar-refractivity contribution in [2.75, 3.05) is 0 Å². The molecule has 0 radical (unpaired) electrons. The predicted octanol–water partition coefficient (Wildman–Crippen LogP) is 3.58. The van der Waals surface area contributed by atoms with Gasteiger partial charge in [-0.3, -0.25) is 14.0 Å². The molecule has 7 heteroatoms. The molecule has 0 N–H and O–H groups in total. The number of thioether (sulfide) groups is 1. The van der Waals surface area contributed by atoms with Gasteiger partial charge in [0.05, 0.1) is 6.20 Å². The second-order valence-electron chi connectivity index (χ2n) is 5.04. The molecular formula is C16H17ClN4OS. The van der Waals surface area contributed by atoms with Gasteiger partial charge >= 0.3 is 0 Å². The number of rotatable bonds is 5. The van der Waals surface area contributed by atoms with Crippen molar-refractivity contribution < 1.29 is 0 Å². The van der Waals surface area contributed by atoms with Crippen molar-refractivity contribution in [1.29, 1.82) is 0 Å². The highest BCUT2D eigenvalue weighted by Crippen LogP contribution is 2.25. The minimum Gasteiger partial charge on any atom is -0.286 e. The van der Waals surface area contributed by atoms with Crippen molar-refractivity contribution in [3.05, 3.63) is 51.4 Å². The second-order valence-corrected chi connectivity index (χ2v) is 6.39. The standard InChI is InChI=1S/C16H17ClN4OS/c1-3-20-9-13-14(19-20)15(22)21(4-2)16(18-13)23-10-11-7-5-6-8-12(11)17/h5-9H,3-4,10H2,1-2H3. The molecule has 3 rings (SSSR count). The van der Waals surface area contributed by atoms with E-state index in [9.17, 15) is 4.79 Å². The van der Waals surface area contributed by atoms with Crippen LogP contribution >= 0.6 is 23.4 Å². The Labute approximate surface area is 143 Å². The summed E-state index contributed by atoms with van der Waals surface area (Å²) in [6.45, 7) is 5.19. The molecule has 0 bridgehead atoms. The van der Waals surface area contributed by atoms with E-state index >= 15 is 0 Å². The van der Waals surface area contributed by atoms with E-state index in [-0.39, 0.29) is 5.56 Å². The van der Waals surface area contributed by atoms with Crippen LogP contribution in [0.1, 0.15) is 19.4 Å². The van der Waals surface area contributed by atoms with Crippen molar-refractivity contribution in [3.8, 4) is 0 Å². The Morgan fingerprint density at radius 1 is 1.22 bits per heavy atom. The van der Waals surface area contributed by atoms with Crippen molar-refractivity contribution in [2.45, 2.75) is 37.8 Å². The van der Waals surface area contributed by atoms with E-state index in [1.54, 1.807) is 9.25 Å². The zero-order valence-corrected chi connectivity index (χ0v) is 14.6. The molecule has 0 spiro atoms. The zero-order valence-electron chi connectivity index (χ0n) is 13.0. The smallest absolute Gasteiger partial charge is 0.282 e. The first-order chi connectivity index (χ1) is 11.1. The molecule has 0 atom stereocenters. The molecule has 120 valence electrons. The van der Waals surface area contributed by atoms with E-state index in [0.717, 1.165) is 10.6 Å². The Kier molecular flexibility index (Phi) is 4.73. The van der Waals surface area contributed by atoms with Crippen LogP contribution in [-0.2, 0) is 18.8 Å². The van der Waals surface area contributed by atoms with Crippen LogP contribution in [0.4, 0.5) is 0 Å². The average molecular weight is 349 g/mol. The molecule has 0 saturated heterocycles. The van der Waals surface area contributed by atoms with Gasteiger partial charge in [-0.2, -0.15) is 5.10 Å². The molecule has 0 aliphatic heterocycles. The topological polar surface area (TPSA) is 52.7 Å². The maximum Gasteiger partial charge on any atom is 0.282 e. The number of hydrogen-bond acceptors (Lipinski definition) is 4. The number of nitrogens with zero attached hydrogens (tertiary/aromatic N) is 4. The lowest BCUT2D eigenvalue weighted by atomic mass is 10.2. The fourth-order valence-electron chi connectivity index (χ4n) is 2.33. The Morgan fingerprint density at radius 2 is 2.00 bits per heavy atom. The van der Waals surface area contributed by atoms with Crippen LogP contribution in [0.25, 0.3) is 11.0 Å². The van der Waals surface area contributed by atoms with Crippen LogP contribution in [0.15, 0.2) is 40.4 Å². The van der Waals surface area contributed by atoms with E-state index in [4.69, 9.17) is 11.6 Å². The lowest BCUT2D eigenvalue weighted by molar-refractivity contribution is 0.630. The van der Waals surface area contributed by atoms with Crippen molar-refractivity contribution >= 4 is 34.4 Å². The predicted molar refractivity (Wildman–Crippen MR) is 94.1 cm³/mol.